The predicted molar refractivity (Wildman–Crippen MR) is 66.5 cm³/mol. The lowest BCUT2D eigenvalue weighted by molar-refractivity contribution is -0.129. The summed E-state index contributed by atoms with van der Waals surface area (Å²) >= 11 is 0. The molecule has 1 aromatic carbocycles. The highest BCUT2D eigenvalue weighted by Gasteiger charge is 2.32. The fourth-order valence-electron chi connectivity index (χ4n) is 1.57. The molecule has 0 amide bonds. The van der Waals surface area contributed by atoms with Crippen molar-refractivity contribution in [3.8, 4) is 0 Å². The first-order chi connectivity index (χ1) is 7.97. The zero-order valence-electron chi connectivity index (χ0n) is 10.6. The van der Waals surface area contributed by atoms with Gasteiger partial charge < -0.3 is 14.6 Å². The lowest BCUT2D eigenvalue weighted by Gasteiger charge is -2.29. The van der Waals surface area contributed by atoms with Gasteiger partial charge in [-0.25, -0.2) is 0 Å². The number of hydrogen-bond acceptors (Lipinski definition) is 3. The molecule has 0 radical (unpaired) electrons. The molecule has 0 aliphatic heterocycles. The quantitative estimate of drug-likeness (QED) is 0.770. The van der Waals surface area contributed by atoms with Crippen molar-refractivity contribution in [1.82, 2.24) is 0 Å². The summed E-state index contributed by atoms with van der Waals surface area (Å²) in [6.45, 7) is 5.62. The molecule has 3 heteroatoms. The molecular formula is C14H20O3. The van der Waals surface area contributed by atoms with Gasteiger partial charge in [0.05, 0.1) is 18.8 Å². The molecule has 0 fully saturated rings. The second-order valence-corrected chi connectivity index (χ2v) is 4.89. The van der Waals surface area contributed by atoms with Crippen LogP contribution in [0.5, 0.6) is 0 Å². The summed E-state index contributed by atoms with van der Waals surface area (Å²) in [7, 11) is 0. The van der Waals surface area contributed by atoms with Crippen LogP contribution in [0.3, 0.4) is 0 Å². The molecule has 1 aromatic rings. The van der Waals surface area contributed by atoms with Gasteiger partial charge in [-0.1, -0.05) is 44.2 Å². The van der Waals surface area contributed by atoms with E-state index in [0.29, 0.717) is 6.61 Å². The first kappa shape index (κ1) is 13.9. The van der Waals surface area contributed by atoms with Crippen molar-refractivity contribution in [3.63, 3.8) is 0 Å². The highest BCUT2D eigenvalue weighted by atomic mass is 16.5. The van der Waals surface area contributed by atoms with Crippen LogP contribution in [0.25, 0.3) is 0 Å². The van der Waals surface area contributed by atoms with E-state index in [9.17, 15) is 9.90 Å². The minimum atomic E-state index is -0.802. The smallest absolute Gasteiger partial charge is 0.128 e. The van der Waals surface area contributed by atoms with Crippen molar-refractivity contribution in [3.05, 3.63) is 35.9 Å². The number of aldehydes is 1. The molecule has 0 saturated heterocycles. The summed E-state index contributed by atoms with van der Waals surface area (Å²) in [6, 6.07) is 9.75. The Morgan fingerprint density at radius 3 is 2.47 bits per heavy atom. The highest BCUT2D eigenvalue weighted by molar-refractivity contribution is 5.59. The molecule has 2 atom stereocenters. The van der Waals surface area contributed by atoms with E-state index in [1.54, 1.807) is 20.8 Å². The molecule has 0 aliphatic rings. The lowest BCUT2D eigenvalue weighted by atomic mass is 9.85. The van der Waals surface area contributed by atoms with E-state index >= 15 is 0 Å². The monoisotopic (exact) mass is 236 g/mol. The van der Waals surface area contributed by atoms with E-state index in [1.807, 2.05) is 30.3 Å². The van der Waals surface area contributed by atoms with E-state index in [4.69, 9.17) is 4.74 Å². The zero-order chi connectivity index (χ0) is 12.9. The molecular weight excluding hydrogens is 216 g/mol. The van der Waals surface area contributed by atoms with Crippen LogP contribution in [0.4, 0.5) is 0 Å². The number of rotatable bonds is 6. The van der Waals surface area contributed by atoms with E-state index in [2.05, 4.69) is 0 Å². The molecule has 0 heterocycles. The molecule has 0 bridgehead atoms. The van der Waals surface area contributed by atoms with E-state index < -0.39 is 11.5 Å². The van der Waals surface area contributed by atoms with Gasteiger partial charge in [0.1, 0.15) is 6.29 Å². The summed E-state index contributed by atoms with van der Waals surface area (Å²) < 4.78 is 5.57. The normalized spacial score (nSPS) is 15.3. The minimum Gasteiger partial charge on any atom is -0.389 e. The maximum atomic E-state index is 10.8. The first-order valence-corrected chi connectivity index (χ1v) is 5.77. The number of carbonyl (C=O) groups is 1. The van der Waals surface area contributed by atoms with Gasteiger partial charge in [0.2, 0.25) is 0 Å². The van der Waals surface area contributed by atoms with Gasteiger partial charge in [0, 0.05) is 5.41 Å². The summed E-state index contributed by atoms with van der Waals surface area (Å²) in [4.78, 5) is 10.8. The van der Waals surface area contributed by atoms with Gasteiger partial charge in [-0.2, -0.15) is 0 Å². The third-order valence-electron chi connectivity index (χ3n) is 2.87. The molecule has 1 unspecified atom stereocenters. The molecule has 1 rings (SSSR count). The topological polar surface area (TPSA) is 46.5 Å². The second-order valence-electron chi connectivity index (χ2n) is 4.89. The second kappa shape index (κ2) is 5.94. The summed E-state index contributed by atoms with van der Waals surface area (Å²) in [5.41, 5.74) is 0.270. The van der Waals surface area contributed by atoms with Gasteiger partial charge in [-0.05, 0) is 12.5 Å². The largest absolute Gasteiger partial charge is 0.389 e. The van der Waals surface area contributed by atoms with Gasteiger partial charge in [0.15, 0.2) is 0 Å². The summed E-state index contributed by atoms with van der Waals surface area (Å²) in [5, 5.41) is 9.97. The molecule has 0 spiro atoms. The number of carbonyl (C=O) groups excluding carboxylic acids is 1. The number of hydrogen-bond donors (Lipinski definition) is 1. The Kier molecular flexibility index (Phi) is 4.85. The van der Waals surface area contributed by atoms with Crippen LogP contribution < -0.4 is 0 Å². The van der Waals surface area contributed by atoms with Gasteiger partial charge in [-0.15, -0.1) is 0 Å². The Balaban J connectivity index is 2.50. The van der Waals surface area contributed by atoms with Crippen molar-refractivity contribution >= 4 is 6.29 Å². The summed E-state index contributed by atoms with van der Waals surface area (Å²) in [5.74, 6) is 0. The number of aliphatic hydroxyl groups is 1. The third-order valence-corrected chi connectivity index (χ3v) is 2.87. The van der Waals surface area contributed by atoms with Crippen molar-refractivity contribution in [1.29, 1.82) is 0 Å². The van der Waals surface area contributed by atoms with Crippen LogP contribution in [0, 0.1) is 5.41 Å². The molecule has 1 N–H and O–H groups in total. The van der Waals surface area contributed by atoms with Gasteiger partial charge in [0.25, 0.3) is 0 Å². The Morgan fingerprint density at radius 1 is 1.35 bits per heavy atom. The van der Waals surface area contributed by atoms with Gasteiger partial charge in [-0.3, -0.25) is 0 Å². The fraction of sp³-hybridized carbons (Fsp3) is 0.500. The van der Waals surface area contributed by atoms with Crippen LogP contribution in [0.2, 0.25) is 0 Å². The lowest BCUT2D eigenvalue weighted by Crippen LogP contribution is -2.40. The molecule has 17 heavy (non-hydrogen) atoms. The number of benzene rings is 1. The summed E-state index contributed by atoms with van der Waals surface area (Å²) in [6.07, 6.45) is -0.417. The maximum absolute atomic E-state index is 10.8. The highest BCUT2D eigenvalue weighted by Crippen LogP contribution is 2.22. The average Bonchev–Trinajstić information content (AvgIpc) is 2.36. The standard InChI is InChI=1S/C14H20O3/c1-11(13(16)14(2,3)10-15)17-9-12-7-5-4-6-8-12/h4-8,10-11,13,16H,9H2,1-3H3/t11-,13?/m1/s1. The fourth-order valence-corrected chi connectivity index (χ4v) is 1.57. The number of aliphatic hydroxyl groups excluding tert-OH is 1. The van der Waals surface area contributed by atoms with Crippen LogP contribution in [-0.2, 0) is 16.1 Å². The first-order valence-electron chi connectivity index (χ1n) is 5.77. The zero-order valence-corrected chi connectivity index (χ0v) is 10.6. The predicted octanol–water partition coefficient (Wildman–Crippen LogP) is 2.18. The van der Waals surface area contributed by atoms with E-state index in [-0.39, 0.29) is 6.10 Å². The van der Waals surface area contributed by atoms with Crippen LogP contribution in [0.1, 0.15) is 26.3 Å². The van der Waals surface area contributed by atoms with Crippen LogP contribution in [0.15, 0.2) is 30.3 Å². The SMILES string of the molecule is C[C@@H](OCc1ccccc1)C(O)C(C)(C)C=O. The third kappa shape index (κ3) is 3.95. The minimum absolute atomic E-state index is 0.379. The Labute approximate surface area is 102 Å². The van der Waals surface area contributed by atoms with Crippen LogP contribution >= 0.6 is 0 Å². The Bertz CT molecular complexity index is 346. The van der Waals surface area contributed by atoms with Crippen molar-refractivity contribution in [2.75, 3.05) is 0 Å². The average molecular weight is 236 g/mol. The van der Waals surface area contributed by atoms with Crippen molar-refractivity contribution in [2.24, 2.45) is 5.41 Å². The molecule has 0 saturated carbocycles. The molecule has 3 nitrogen and oxygen atoms in total. The number of ether oxygens (including phenoxy) is 1. The van der Waals surface area contributed by atoms with E-state index in [0.717, 1.165) is 11.8 Å². The maximum Gasteiger partial charge on any atom is 0.128 e. The van der Waals surface area contributed by atoms with Crippen molar-refractivity contribution in [2.45, 2.75) is 39.6 Å². The van der Waals surface area contributed by atoms with E-state index in [1.165, 1.54) is 0 Å². The van der Waals surface area contributed by atoms with Crippen molar-refractivity contribution < 1.29 is 14.6 Å². The van der Waals surface area contributed by atoms with Gasteiger partial charge >= 0.3 is 0 Å². The molecule has 94 valence electrons. The molecule has 0 aromatic heterocycles. The Morgan fingerprint density at radius 2 is 1.94 bits per heavy atom. The Hall–Kier alpha value is -1.19. The molecule has 0 aliphatic carbocycles. The van der Waals surface area contributed by atoms with Crippen LogP contribution in [-0.4, -0.2) is 23.6 Å².